The van der Waals surface area contributed by atoms with Gasteiger partial charge in [-0.15, -0.1) is 0 Å². The lowest BCUT2D eigenvalue weighted by molar-refractivity contribution is 0.0698. The van der Waals surface area contributed by atoms with Crippen LogP contribution >= 0.6 is 0 Å². The predicted molar refractivity (Wildman–Crippen MR) is 110 cm³/mol. The molecule has 0 radical (unpaired) electrons. The van der Waals surface area contributed by atoms with Crippen molar-refractivity contribution in [1.29, 1.82) is 0 Å². The Morgan fingerprint density at radius 3 is 2.28 bits per heavy atom. The number of aromatic nitrogens is 2. The molecule has 0 spiro atoms. The minimum atomic E-state index is -3.56. The first-order valence-electron chi connectivity index (χ1n) is 9.42. The van der Waals surface area contributed by atoms with E-state index in [0.717, 1.165) is 11.1 Å². The summed E-state index contributed by atoms with van der Waals surface area (Å²) in [5, 5.41) is 6.93. The van der Waals surface area contributed by atoms with E-state index in [-0.39, 0.29) is 23.9 Å². The Hall–Kier alpha value is -2.97. The van der Waals surface area contributed by atoms with Crippen LogP contribution in [0.4, 0.5) is 0 Å². The summed E-state index contributed by atoms with van der Waals surface area (Å²) in [6.45, 7) is 3.12. The highest BCUT2D eigenvalue weighted by Gasteiger charge is 2.31. The lowest BCUT2D eigenvalue weighted by atomic mass is 10.1. The second kappa shape index (κ2) is 7.81. The highest BCUT2D eigenvalue weighted by molar-refractivity contribution is 7.89. The van der Waals surface area contributed by atoms with Crippen LogP contribution in [0.15, 0.2) is 65.7 Å². The molecule has 8 heteroatoms. The van der Waals surface area contributed by atoms with E-state index in [4.69, 9.17) is 0 Å². The summed E-state index contributed by atoms with van der Waals surface area (Å²) in [5.41, 5.74) is 3.05. The van der Waals surface area contributed by atoms with Crippen molar-refractivity contribution in [3.05, 3.63) is 71.9 Å². The largest absolute Gasteiger partial charge is 0.336 e. The molecule has 0 aliphatic carbocycles. The molecule has 2 heterocycles. The summed E-state index contributed by atoms with van der Waals surface area (Å²) in [4.78, 5) is 15.0. The number of nitrogens with one attached hydrogen (secondary N) is 1. The molecule has 1 saturated heterocycles. The number of H-pyrrole nitrogens is 1. The van der Waals surface area contributed by atoms with Crippen molar-refractivity contribution in [1.82, 2.24) is 19.4 Å². The molecular weight excluding hydrogens is 388 g/mol. The van der Waals surface area contributed by atoms with E-state index in [1.807, 2.05) is 37.3 Å². The van der Waals surface area contributed by atoms with E-state index in [9.17, 15) is 13.2 Å². The van der Waals surface area contributed by atoms with Crippen molar-refractivity contribution in [2.24, 2.45) is 0 Å². The molecule has 1 aliphatic heterocycles. The van der Waals surface area contributed by atoms with Crippen LogP contribution in [-0.4, -0.2) is 59.9 Å². The van der Waals surface area contributed by atoms with Crippen molar-refractivity contribution >= 4 is 15.9 Å². The molecule has 4 rings (SSSR count). The Labute approximate surface area is 170 Å². The molecule has 1 fully saturated rings. The van der Waals surface area contributed by atoms with Gasteiger partial charge in [0.2, 0.25) is 10.0 Å². The van der Waals surface area contributed by atoms with Gasteiger partial charge in [-0.25, -0.2) is 8.42 Å². The zero-order valence-corrected chi connectivity index (χ0v) is 16.9. The molecule has 1 amide bonds. The number of sulfonamides is 1. The fraction of sp³-hybridized carbons (Fsp3) is 0.238. The van der Waals surface area contributed by atoms with Gasteiger partial charge in [-0.1, -0.05) is 48.0 Å². The first-order valence-corrected chi connectivity index (χ1v) is 10.9. The standard InChI is InChI=1S/C21H22N4O3S/c1-16-7-9-18(10-8-16)29(27,28)25-13-11-24(12-14-25)21(26)19-15-22-23-20(19)17-5-3-2-4-6-17/h2-10,15H,11-14H2,1H3,(H,22,23). The van der Waals surface area contributed by atoms with Crippen LogP contribution in [0.3, 0.4) is 0 Å². The van der Waals surface area contributed by atoms with Gasteiger partial charge in [-0.2, -0.15) is 9.40 Å². The summed E-state index contributed by atoms with van der Waals surface area (Å²) in [6.07, 6.45) is 1.53. The number of piperazine rings is 1. The zero-order valence-electron chi connectivity index (χ0n) is 16.1. The van der Waals surface area contributed by atoms with Crippen LogP contribution in [0, 0.1) is 6.92 Å². The topological polar surface area (TPSA) is 86.4 Å². The van der Waals surface area contributed by atoms with Crippen LogP contribution in [0.25, 0.3) is 11.3 Å². The smallest absolute Gasteiger partial charge is 0.257 e. The Morgan fingerprint density at radius 2 is 1.62 bits per heavy atom. The average molecular weight is 410 g/mol. The zero-order chi connectivity index (χ0) is 20.4. The molecule has 7 nitrogen and oxygen atoms in total. The Morgan fingerprint density at radius 1 is 0.966 bits per heavy atom. The molecule has 29 heavy (non-hydrogen) atoms. The summed E-state index contributed by atoms with van der Waals surface area (Å²) < 4.78 is 27.1. The molecule has 3 aromatic rings. The molecule has 1 N–H and O–H groups in total. The number of benzene rings is 2. The maximum Gasteiger partial charge on any atom is 0.257 e. The van der Waals surface area contributed by atoms with Crippen molar-refractivity contribution in [3.8, 4) is 11.3 Å². The van der Waals surface area contributed by atoms with Gasteiger partial charge in [-0.3, -0.25) is 9.89 Å². The van der Waals surface area contributed by atoms with Crippen molar-refractivity contribution in [2.75, 3.05) is 26.2 Å². The predicted octanol–water partition coefficient (Wildman–Crippen LogP) is 2.53. The highest BCUT2D eigenvalue weighted by Crippen LogP contribution is 2.23. The van der Waals surface area contributed by atoms with Crippen LogP contribution < -0.4 is 0 Å². The van der Waals surface area contributed by atoms with Gasteiger partial charge < -0.3 is 4.90 Å². The molecule has 0 unspecified atom stereocenters. The average Bonchev–Trinajstić information content (AvgIpc) is 3.24. The summed E-state index contributed by atoms with van der Waals surface area (Å²) >= 11 is 0. The first kappa shape index (κ1) is 19.4. The fourth-order valence-corrected chi connectivity index (χ4v) is 4.86. The quantitative estimate of drug-likeness (QED) is 0.716. The maximum atomic E-state index is 13.0. The van der Waals surface area contributed by atoms with Gasteiger partial charge >= 0.3 is 0 Å². The SMILES string of the molecule is Cc1ccc(S(=O)(=O)N2CCN(C(=O)c3cn[nH]c3-c3ccccc3)CC2)cc1. The van der Waals surface area contributed by atoms with Gasteiger partial charge in [0.1, 0.15) is 0 Å². The van der Waals surface area contributed by atoms with Crippen LogP contribution in [0.1, 0.15) is 15.9 Å². The van der Waals surface area contributed by atoms with E-state index in [1.165, 1.54) is 10.5 Å². The first-order chi connectivity index (χ1) is 14.0. The Kier molecular flexibility index (Phi) is 5.21. The molecule has 1 aromatic heterocycles. The Balaban J connectivity index is 1.47. The maximum absolute atomic E-state index is 13.0. The minimum Gasteiger partial charge on any atom is -0.336 e. The van der Waals surface area contributed by atoms with Crippen molar-refractivity contribution in [2.45, 2.75) is 11.8 Å². The number of hydrogen-bond donors (Lipinski definition) is 1. The minimum absolute atomic E-state index is 0.148. The third-order valence-corrected chi connectivity index (χ3v) is 7.03. The van der Waals surface area contributed by atoms with Crippen LogP contribution in [0.2, 0.25) is 0 Å². The number of carbonyl (C=O) groups excluding carboxylic acids is 1. The van der Waals surface area contributed by atoms with Gasteiger partial charge in [0.15, 0.2) is 0 Å². The molecule has 150 valence electrons. The third-order valence-electron chi connectivity index (χ3n) is 5.12. The lowest BCUT2D eigenvalue weighted by Gasteiger charge is -2.34. The third kappa shape index (κ3) is 3.81. The van der Waals surface area contributed by atoms with E-state index in [1.54, 1.807) is 29.2 Å². The van der Waals surface area contributed by atoms with Gasteiger partial charge in [0.25, 0.3) is 5.91 Å². The van der Waals surface area contributed by atoms with E-state index < -0.39 is 10.0 Å². The molecule has 0 atom stereocenters. The highest BCUT2D eigenvalue weighted by atomic mass is 32.2. The van der Waals surface area contributed by atoms with Crippen LogP contribution in [-0.2, 0) is 10.0 Å². The van der Waals surface area contributed by atoms with E-state index >= 15 is 0 Å². The second-order valence-corrected chi connectivity index (χ2v) is 8.97. The molecular formula is C21H22N4O3S. The summed E-state index contributed by atoms with van der Waals surface area (Å²) in [6, 6.07) is 16.4. The van der Waals surface area contributed by atoms with Gasteiger partial charge in [0, 0.05) is 31.7 Å². The number of aromatic amines is 1. The summed E-state index contributed by atoms with van der Waals surface area (Å²) in [7, 11) is -3.56. The molecule has 0 saturated carbocycles. The number of amides is 1. The van der Waals surface area contributed by atoms with Crippen molar-refractivity contribution in [3.63, 3.8) is 0 Å². The van der Waals surface area contributed by atoms with Gasteiger partial charge in [-0.05, 0) is 19.1 Å². The number of rotatable bonds is 4. The molecule has 1 aliphatic rings. The number of aryl methyl sites for hydroxylation is 1. The number of hydrogen-bond acceptors (Lipinski definition) is 4. The van der Waals surface area contributed by atoms with E-state index in [2.05, 4.69) is 10.2 Å². The molecule has 2 aromatic carbocycles. The summed E-state index contributed by atoms with van der Waals surface area (Å²) in [5.74, 6) is -0.148. The number of nitrogens with zero attached hydrogens (tertiary/aromatic N) is 3. The van der Waals surface area contributed by atoms with E-state index in [0.29, 0.717) is 24.3 Å². The second-order valence-electron chi connectivity index (χ2n) is 7.03. The fourth-order valence-electron chi connectivity index (χ4n) is 3.43. The number of carbonyl (C=O) groups is 1. The van der Waals surface area contributed by atoms with Crippen LogP contribution in [0.5, 0.6) is 0 Å². The normalized spacial score (nSPS) is 15.4. The molecule has 0 bridgehead atoms. The van der Waals surface area contributed by atoms with Crippen molar-refractivity contribution < 1.29 is 13.2 Å². The monoisotopic (exact) mass is 410 g/mol. The Bertz CT molecular complexity index is 1100. The lowest BCUT2D eigenvalue weighted by Crippen LogP contribution is -2.50. The van der Waals surface area contributed by atoms with Gasteiger partial charge in [0.05, 0.1) is 22.3 Å².